The predicted molar refractivity (Wildman–Crippen MR) is 23.9 cm³/mol. The fraction of sp³-hybridized carbons (Fsp3) is 0. The lowest BCUT2D eigenvalue weighted by Gasteiger charge is -1.30. The Hall–Kier alpha value is -1.21. The van der Waals surface area contributed by atoms with Gasteiger partial charge in [0.15, 0.2) is 0 Å². The van der Waals surface area contributed by atoms with E-state index in [1.165, 1.54) is 0 Å². The van der Waals surface area contributed by atoms with E-state index < -0.39 is 0 Å². The molecule has 0 aliphatic heterocycles. The van der Waals surface area contributed by atoms with Crippen molar-refractivity contribution in [3.05, 3.63) is 23.8 Å². The normalized spacial score (nSPS) is 3.33. The van der Waals surface area contributed by atoms with Crippen molar-refractivity contribution in [3.63, 3.8) is 0 Å². The second-order valence-corrected chi connectivity index (χ2v) is 0.552. The second kappa shape index (κ2) is 3.79. The van der Waals surface area contributed by atoms with Crippen molar-refractivity contribution in [2.45, 2.75) is 0 Å². The molecule has 0 saturated heterocycles. The Morgan fingerprint density at radius 2 is 2.00 bits per heavy atom. The zero-order valence-corrected chi connectivity index (χ0v) is 3.21. The molecule has 0 rings (SSSR count). The van der Waals surface area contributed by atoms with Crippen LogP contribution in [0.3, 0.4) is 0 Å². The molecule has 0 aliphatic rings. The van der Waals surface area contributed by atoms with Crippen LogP contribution >= 0.6 is 0 Å². The van der Waals surface area contributed by atoms with Gasteiger partial charge in [0.05, 0.1) is 0 Å². The van der Waals surface area contributed by atoms with Crippen LogP contribution in [0.1, 0.15) is 0 Å². The highest BCUT2D eigenvalue weighted by atomic mass is 14.3. The summed E-state index contributed by atoms with van der Waals surface area (Å²) in [5.74, 6) is 1.86. The third-order valence-corrected chi connectivity index (χ3v) is 0.213. The van der Waals surface area contributed by atoms with E-state index in [0.29, 0.717) is 0 Å². The molecule has 0 aromatic carbocycles. The number of rotatable bonds is 0. The van der Waals surface area contributed by atoms with Gasteiger partial charge in [-0.3, -0.25) is 5.41 Å². The quantitative estimate of drug-likeness (QED) is 0.328. The first-order chi connectivity index (χ1) is 2.91. The van der Waals surface area contributed by atoms with Crippen molar-refractivity contribution in [2.75, 3.05) is 0 Å². The van der Waals surface area contributed by atoms with Crippen molar-refractivity contribution in [2.24, 2.45) is 0 Å². The van der Waals surface area contributed by atoms with Gasteiger partial charge in [-0.25, -0.2) is 0 Å². The van der Waals surface area contributed by atoms with Crippen LogP contribution in [-0.2, 0) is 0 Å². The number of nitrogens with one attached hydrogen (secondary N) is 1. The van der Waals surface area contributed by atoms with Gasteiger partial charge >= 0.3 is 0 Å². The molecule has 0 aromatic heterocycles. The van der Waals surface area contributed by atoms with Gasteiger partial charge in [-0.05, 0) is 12.3 Å². The minimum Gasteiger partial charge on any atom is -0.251 e. The summed E-state index contributed by atoms with van der Waals surface area (Å²) in [7, 11) is 0. The summed E-state index contributed by atoms with van der Waals surface area (Å²) < 4.78 is 0. The summed E-state index contributed by atoms with van der Waals surface area (Å²) in [5, 5.41) is 6.21. The Morgan fingerprint density at radius 3 is 2.17 bits per heavy atom. The summed E-state index contributed by atoms with van der Waals surface area (Å²) in [4.78, 5) is 0. The SMILES string of the molecule is C=C=C=C=C=N. The molecule has 0 bridgehead atoms. The van der Waals surface area contributed by atoms with Gasteiger partial charge in [-0.1, -0.05) is 5.73 Å². The van der Waals surface area contributed by atoms with Gasteiger partial charge in [-0.2, -0.15) is 0 Å². The van der Waals surface area contributed by atoms with Crippen LogP contribution < -0.4 is 0 Å². The third kappa shape index (κ3) is 2.79. The Morgan fingerprint density at radius 1 is 1.33 bits per heavy atom. The molecule has 28 valence electrons. The van der Waals surface area contributed by atoms with Gasteiger partial charge in [0, 0.05) is 11.6 Å². The number of hydrogen-bond donors (Lipinski definition) is 1. The Labute approximate surface area is 36.1 Å². The van der Waals surface area contributed by atoms with E-state index in [0.717, 1.165) is 0 Å². The van der Waals surface area contributed by atoms with Gasteiger partial charge in [0.25, 0.3) is 0 Å². The van der Waals surface area contributed by atoms with Gasteiger partial charge in [0.1, 0.15) is 0 Å². The summed E-state index contributed by atoms with van der Waals surface area (Å²) in [6.07, 6.45) is 0. The molecular formula is C5H3N. The topological polar surface area (TPSA) is 23.9 Å². The maximum Gasteiger partial charge on any atom is 0.0399 e. The molecule has 0 saturated carbocycles. The summed E-state index contributed by atoms with van der Waals surface area (Å²) >= 11 is 0. The van der Waals surface area contributed by atoms with Crippen LogP contribution in [0.2, 0.25) is 0 Å². The Balaban J connectivity index is 4.68. The molecule has 6 heavy (non-hydrogen) atoms. The van der Waals surface area contributed by atoms with Crippen LogP contribution in [0.15, 0.2) is 23.8 Å². The highest BCUT2D eigenvalue weighted by Crippen LogP contribution is 1.38. The first-order valence-corrected chi connectivity index (χ1v) is 1.35. The average Bonchev–Trinajstić information content (AvgIpc) is 1.61. The lowest BCUT2D eigenvalue weighted by Crippen LogP contribution is -1.24. The van der Waals surface area contributed by atoms with Crippen LogP contribution in [0.5, 0.6) is 0 Å². The maximum atomic E-state index is 6.21. The highest BCUT2D eigenvalue weighted by Gasteiger charge is 1.26. The highest BCUT2D eigenvalue weighted by molar-refractivity contribution is 5.45. The largest absolute Gasteiger partial charge is 0.251 e. The molecule has 1 N–H and O–H groups in total. The van der Waals surface area contributed by atoms with Crippen molar-refractivity contribution in [1.29, 1.82) is 5.41 Å². The number of hydrogen-bond acceptors (Lipinski definition) is 1. The molecule has 0 heterocycles. The van der Waals surface area contributed by atoms with Crippen molar-refractivity contribution in [1.82, 2.24) is 0 Å². The molecule has 0 fully saturated rings. The zero-order chi connectivity index (χ0) is 4.83. The first-order valence-electron chi connectivity index (χ1n) is 1.35. The van der Waals surface area contributed by atoms with Crippen molar-refractivity contribution in [3.8, 4) is 0 Å². The second-order valence-electron chi connectivity index (χ2n) is 0.552. The molecule has 1 nitrogen and oxygen atoms in total. The van der Waals surface area contributed by atoms with E-state index in [2.05, 4.69) is 23.8 Å². The average molecular weight is 77.1 g/mol. The maximum absolute atomic E-state index is 6.21. The molecule has 0 atom stereocenters. The van der Waals surface area contributed by atoms with Gasteiger partial charge in [0.2, 0.25) is 0 Å². The molecule has 0 radical (unpaired) electrons. The van der Waals surface area contributed by atoms with Crippen LogP contribution in [0.4, 0.5) is 0 Å². The minimum absolute atomic E-state index is 1.86. The van der Waals surface area contributed by atoms with Gasteiger partial charge < -0.3 is 0 Å². The van der Waals surface area contributed by atoms with E-state index in [1.54, 1.807) is 0 Å². The molecular weight excluding hydrogens is 74.1 g/mol. The lowest BCUT2D eigenvalue weighted by molar-refractivity contribution is 1.60. The third-order valence-electron chi connectivity index (χ3n) is 0.213. The summed E-state index contributed by atoms with van der Waals surface area (Å²) in [6, 6.07) is 0. The summed E-state index contributed by atoms with van der Waals surface area (Å²) in [6.45, 7) is 3.18. The molecule has 0 amide bonds. The molecule has 1 heteroatoms. The predicted octanol–water partition coefficient (Wildman–Crippen LogP) is 0.886. The summed E-state index contributed by atoms with van der Waals surface area (Å²) in [5.41, 5.74) is 6.75. The van der Waals surface area contributed by atoms with Crippen molar-refractivity contribution < 1.29 is 0 Å². The van der Waals surface area contributed by atoms with E-state index >= 15 is 0 Å². The first kappa shape index (κ1) is 4.79. The standard InChI is InChI=1S/C5H3N/c1-2-3-4-5-6/h6H,1H2. The smallest absolute Gasteiger partial charge is 0.0399 e. The van der Waals surface area contributed by atoms with Gasteiger partial charge in [-0.15, -0.1) is 0 Å². The van der Waals surface area contributed by atoms with Crippen LogP contribution in [-0.4, -0.2) is 5.87 Å². The fourth-order valence-corrected chi connectivity index (χ4v) is 0.0754. The monoisotopic (exact) mass is 77.0 g/mol. The van der Waals surface area contributed by atoms with E-state index in [4.69, 9.17) is 5.41 Å². The Bertz CT molecular complexity index is 136. The zero-order valence-electron chi connectivity index (χ0n) is 3.21. The molecule has 0 aliphatic carbocycles. The van der Waals surface area contributed by atoms with Crippen LogP contribution in [0.25, 0.3) is 0 Å². The van der Waals surface area contributed by atoms with E-state index in [1.807, 2.05) is 5.87 Å². The molecule has 0 spiro atoms. The van der Waals surface area contributed by atoms with E-state index in [-0.39, 0.29) is 0 Å². The van der Waals surface area contributed by atoms with Crippen molar-refractivity contribution >= 4 is 5.87 Å². The minimum atomic E-state index is 1.86. The van der Waals surface area contributed by atoms with Crippen LogP contribution in [0, 0.1) is 5.41 Å². The molecule has 0 aromatic rings. The lowest BCUT2D eigenvalue weighted by atomic mass is 10.8. The fourth-order valence-electron chi connectivity index (χ4n) is 0.0754. The van der Waals surface area contributed by atoms with E-state index in [9.17, 15) is 0 Å². The molecule has 0 unspecified atom stereocenters. The Kier molecular flexibility index (Phi) is 3.03.